The van der Waals surface area contributed by atoms with E-state index in [2.05, 4.69) is 0 Å². The third kappa shape index (κ3) is 6.59. The lowest BCUT2D eigenvalue weighted by molar-refractivity contribution is -0.197. The van der Waals surface area contributed by atoms with Gasteiger partial charge in [0, 0.05) is 17.2 Å². The molecule has 47 heavy (non-hydrogen) atoms. The van der Waals surface area contributed by atoms with Crippen molar-refractivity contribution < 1.29 is 54.1 Å². The first-order valence-corrected chi connectivity index (χ1v) is 17.3. The highest BCUT2D eigenvalue weighted by atomic mass is 32.2. The lowest BCUT2D eigenvalue weighted by Crippen LogP contribution is -2.63. The molecular weight excluding hydrogens is 640 g/mol. The molecule has 0 amide bonds. The lowest BCUT2D eigenvalue weighted by atomic mass is 9.40. The molecule has 4 aliphatic rings. The van der Waals surface area contributed by atoms with E-state index in [-0.39, 0.29) is 19.8 Å². The average Bonchev–Trinajstić information content (AvgIpc) is 3.17. The van der Waals surface area contributed by atoms with Crippen molar-refractivity contribution in [2.75, 3.05) is 13.2 Å². The number of esters is 1. The van der Waals surface area contributed by atoms with E-state index in [0.717, 1.165) is 5.56 Å². The number of rotatable bonds is 8. The summed E-state index contributed by atoms with van der Waals surface area (Å²) in [7, 11) is -7.12. The van der Waals surface area contributed by atoms with Crippen molar-refractivity contribution in [3.8, 4) is 0 Å². The van der Waals surface area contributed by atoms with E-state index in [9.17, 15) is 26.4 Å². The molecule has 2 aliphatic carbocycles. The van der Waals surface area contributed by atoms with Crippen LogP contribution in [0, 0.1) is 22.7 Å². The Morgan fingerprint density at radius 1 is 1.02 bits per heavy atom. The van der Waals surface area contributed by atoms with Crippen LogP contribution in [-0.2, 0) is 49.2 Å². The van der Waals surface area contributed by atoms with Gasteiger partial charge in [-0.25, -0.2) is 0 Å². The predicted molar refractivity (Wildman–Crippen MR) is 167 cm³/mol. The van der Waals surface area contributed by atoms with Crippen molar-refractivity contribution >= 4 is 23.2 Å². The van der Waals surface area contributed by atoms with E-state index >= 15 is 0 Å². The number of hydrogen-bond donors (Lipinski definition) is 0. The molecule has 0 unspecified atom stereocenters. The maximum atomic E-state index is 14.6. The smallest absolute Gasteiger partial charge is 0.501 e. The Morgan fingerprint density at radius 2 is 1.66 bits per heavy atom. The topological polar surface area (TPSA) is 107 Å². The number of ether oxygens (including phenoxy) is 3. The molecule has 1 saturated heterocycles. The summed E-state index contributed by atoms with van der Waals surface area (Å²) in [6.07, 6.45) is 5.35. The summed E-state index contributed by atoms with van der Waals surface area (Å²) in [5.74, 6) is -3.64. The summed E-state index contributed by atoms with van der Waals surface area (Å²) in [5, 5.41) is 0. The molecule has 5 atom stereocenters. The van der Waals surface area contributed by atoms with Crippen LogP contribution < -0.4 is 0 Å². The first-order valence-electron chi connectivity index (χ1n) is 15.9. The number of hydrogen-bond acceptors (Lipinski definition) is 9. The van der Waals surface area contributed by atoms with E-state index in [1.807, 2.05) is 58.0 Å². The summed E-state index contributed by atoms with van der Waals surface area (Å²) < 4.78 is 102. The van der Waals surface area contributed by atoms with E-state index in [1.54, 1.807) is 20.8 Å². The van der Waals surface area contributed by atoms with Crippen molar-refractivity contribution in [1.29, 1.82) is 0 Å². The SMILES string of the molecule is CC(C)(C)OC(=O)[C@@]1(COCc2ccccc2)CCC[C@]23COC=C[C@H]2C(OS(=O)(=O)C(F)(F)F)=C[C@H](B2OC(C)(C)C(C)(C)O2)[C@@H]13. The Hall–Kier alpha value is -2.55. The summed E-state index contributed by atoms with van der Waals surface area (Å²) >= 11 is 0. The van der Waals surface area contributed by atoms with Crippen LogP contribution in [0.15, 0.2) is 54.5 Å². The Kier molecular flexibility index (Phi) is 9.20. The van der Waals surface area contributed by atoms with Crippen molar-refractivity contribution in [1.82, 2.24) is 0 Å². The highest BCUT2D eigenvalue weighted by Gasteiger charge is 2.70. The van der Waals surface area contributed by atoms with Gasteiger partial charge in [-0.05, 0) is 84.9 Å². The zero-order valence-electron chi connectivity index (χ0n) is 27.9. The van der Waals surface area contributed by atoms with Crippen molar-refractivity contribution in [2.45, 2.75) is 102 Å². The van der Waals surface area contributed by atoms with Gasteiger partial charge in [0.15, 0.2) is 0 Å². The number of allylic oxidation sites excluding steroid dienone is 2. The maximum absolute atomic E-state index is 14.6. The van der Waals surface area contributed by atoms with Crippen LogP contribution in [0.3, 0.4) is 0 Å². The third-order valence-electron chi connectivity index (χ3n) is 10.2. The molecule has 1 aromatic rings. The van der Waals surface area contributed by atoms with Gasteiger partial charge in [-0.2, -0.15) is 21.6 Å². The second-order valence-corrected chi connectivity index (χ2v) is 16.6. The van der Waals surface area contributed by atoms with Crippen LogP contribution in [0.5, 0.6) is 0 Å². The zero-order chi connectivity index (χ0) is 34.7. The molecule has 14 heteroatoms. The molecule has 2 fully saturated rings. The molecule has 0 radical (unpaired) electrons. The number of alkyl halides is 3. The third-order valence-corrected chi connectivity index (χ3v) is 11.2. The number of halogens is 3. The number of carbonyl (C=O) groups excluding carboxylic acids is 1. The van der Waals surface area contributed by atoms with Gasteiger partial charge in [-0.3, -0.25) is 4.79 Å². The molecule has 2 heterocycles. The van der Waals surface area contributed by atoms with Crippen LogP contribution in [-0.4, -0.2) is 57.0 Å². The van der Waals surface area contributed by atoms with Gasteiger partial charge in [-0.15, -0.1) is 0 Å². The predicted octanol–water partition coefficient (Wildman–Crippen LogP) is 6.70. The molecule has 1 aromatic carbocycles. The van der Waals surface area contributed by atoms with Crippen molar-refractivity contribution in [3.05, 3.63) is 60.1 Å². The van der Waals surface area contributed by atoms with E-state index in [0.29, 0.717) is 19.3 Å². The molecule has 0 aromatic heterocycles. The van der Waals surface area contributed by atoms with Gasteiger partial charge in [0.1, 0.15) is 11.4 Å². The largest absolute Gasteiger partial charge is 0.534 e. The standard InChI is InChI=1S/C33H44BF3O9S/c1-28(2,3)43-27(38)32(21-42-19-22-12-9-8-10-13-22)16-11-15-31-20-41-17-14-23(31)25(44-47(39,40)33(35,36)37)18-24(26(31)32)34-45-29(4,5)30(6,7)46-34/h8-10,12-14,17-18,23-24,26H,11,15-16,19-21H2,1-7H3/t23-,24-,26+,31-,32+/m0/s1. The fraction of sp³-hybridized carbons (Fsp3) is 0.667. The number of benzene rings is 1. The van der Waals surface area contributed by atoms with Crippen LogP contribution >= 0.6 is 0 Å². The average molecular weight is 685 g/mol. The molecular formula is C33H44BF3O9S. The quantitative estimate of drug-likeness (QED) is 0.128. The minimum absolute atomic E-state index is 0.0230. The first-order chi connectivity index (χ1) is 21.6. The van der Waals surface area contributed by atoms with Gasteiger partial charge < -0.3 is 27.7 Å². The lowest BCUT2D eigenvalue weighted by Gasteiger charge is -2.60. The van der Waals surface area contributed by atoms with E-state index in [1.165, 1.54) is 18.4 Å². The minimum atomic E-state index is -6.04. The summed E-state index contributed by atoms with van der Waals surface area (Å²) in [4.78, 5) is 14.6. The number of carbonyl (C=O) groups is 1. The van der Waals surface area contributed by atoms with E-state index < -0.39 is 79.8 Å². The Bertz CT molecular complexity index is 1490. The molecule has 0 bridgehead atoms. The fourth-order valence-electron chi connectivity index (χ4n) is 7.53. The molecule has 1 saturated carbocycles. The van der Waals surface area contributed by atoms with Crippen molar-refractivity contribution in [3.63, 3.8) is 0 Å². The normalized spacial score (nSPS) is 31.7. The van der Waals surface area contributed by atoms with Gasteiger partial charge >= 0.3 is 28.7 Å². The van der Waals surface area contributed by atoms with Crippen LogP contribution in [0.4, 0.5) is 13.2 Å². The Balaban J connectivity index is 1.70. The van der Waals surface area contributed by atoms with Gasteiger partial charge in [0.05, 0.1) is 42.7 Å². The second-order valence-electron chi connectivity index (χ2n) is 15.1. The minimum Gasteiger partial charge on any atom is -0.501 e. The van der Waals surface area contributed by atoms with Crippen molar-refractivity contribution in [2.24, 2.45) is 22.7 Å². The van der Waals surface area contributed by atoms with Crippen LogP contribution in [0.2, 0.25) is 5.82 Å². The van der Waals surface area contributed by atoms with E-state index in [4.69, 9.17) is 27.7 Å². The molecule has 5 rings (SSSR count). The molecule has 260 valence electrons. The Morgan fingerprint density at radius 3 is 2.26 bits per heavy atom. The fourth-order valence-corrected chi connectivity index (χ4v) is 8.04. The Labute approximate surface area is 275 Å². The highest BCUT2D eigenvalue weighted by molar-refractivity contribution is 7.87. The molecule has 0 N–H and O–H groups in total. The first kappa shape index (κ1) is 35.8. The second kappa shape index (κ2) is 12.1. The van der Waals surface area contributed by atoms with Crippen LogP contribution in [0.1, 0.15) is 73.3 Å². The highest BCUT2D eigenvalue weighted by Crippen LogP contribution is 2.67. The molecule has 9 nitrogen and oxygen atoms in total. The molecule has 2 aliphatic heterocycles. The van der Waals surface area contributed by atoms with Crippen LogP contribution in [0.25, 0.3) is 0 Å². The molecule has 1 spiro atoms. The monoisotopic (exact) mass is 684 g/mol. The summed E-state index contributed by atoms with van der Waals surface area (Å²) in [5.41, 5.74) is -9.83. The van der Waals surface area contributed by atoms with Gasteiger partial charge in [0.2, 0.25) is 0 Å². The van der Waals surface area contributed by atoms with Gasteiger partial charge in [0.25, 0.3) is 0 Å². The maximum Gasteiger partial charge on any atom is 0.534 e. The summed E-state index contributed by atoms with van der Waals surface area (Å²) in [6, 6.07) is 9.45. The summed E-state index contributed by atoms with van der Waals surface area (Å²) in [6.45, 7) is 12.7. The zero-order valence-corrected chi connectivity index (χ0v) is 28.7. The van der Waals surface area contributed by atoms with Gasteiger partial charge in [-0.1, -0.05) is 36.8 Å².